The Kier molecular flexibility index (Phi) is 6.36. The molecule has 1 fully saturated rings. The quantitative estimate of drug-likeness (QED) is 0.577. The summed E-state index contributed by atoms with van der Waals surface area (Å²) in [6, 6.07) is 9.34. The van der Waals surface area contributed by atoms with Crippen molar-refractivity contribution in [1.29, 1.82) is 0 Å². The largest absolute Gasteiger partial charge is 0.493 e. The molecule has 3 aromatic rings. The lowest BCUT2D eigenvalue weighted by molar-refractivity contribution is -0.0248. The third-order valence-electron chi connectivity index (χ3n) is 5.06. The summed E-state index contributed by atoms with van der Waals surface area (Å²) in [7, 11) is 1.91. The van der Waals surface area contributed by atoms with E-state index < -0.39 is 0 Å². The number of aromatic nitrogens is 3. The number of morpholine rings is 1. The number of halogens is 1. The van der Waals surface area contributed by atoms with Crippen molar-refractivity contribution < 1.29 is 14.3 Å². The van der Waals surface area contributed by atoms with Crippen molar-refractivity contribution in [1.82, 2.24) is 19.7 Å². The molecule has 0 N–H and O–H groups in total. The maximum Gasteiger partial charge on any atom is 0.266 e. The highest BCUT2D eigenvalue weighted by Crippen LogP contribution is 2.25. The van der Waals surface area contributed by atoms with Gasteiger partial charge in [0.25, 0.3) is 5.91 Å². The van der Waals surface area contributed by atoms with Crippen LogP contribution in [0.25, 0.3) is 0 Å². The van der Waals surface area contributed by atoms with Crippen LogP contribution in [0.15, 0.2) is 35.8 Å². The summed E-state index contributed by atoms with van der Waals surface area (Å²) < 4.78 is 13.6. The molecule has 1 saturated heterocycles. The summed E-state index contributed by atoms with van der Waals surface area (Å²) in [6.07, 6.45) is 0.467. The summed E-state index contributed by atoms with van der Waals surface area (Å²) in [6.45, 7) is 3.93. The van der Waals surface area contributed by atoms with E-state index in [1.54, 1.807) is 17.6 Å². The second-order valence-corrected chi connectivity index (χ2v) is 8.41. The fourth-order valence-corrected chi connectivity index (χ4v) is 4.28. The Balaban J connectivity index is 1.37. The topological polar surface area (TPSA) is 69.5 Å². The number of rotatable bonds is 6. The molecule has 30 heavy (non-hydrogen) atoms. The van der Waals surface area contributed by atoms with Gasteiger partial charge in [-0.25, -0.2) is 4.98 Å². The minimum atomic E-state index is -0.243. The molecular weight excluding hydrogens is 424 g/mol. The van der Waals surface area contributed by atoms with Crippen LogP contribution in [0.5, 0.6) is 5.75 Å². The van der Waals surface area contributed by atoms with Gasteiger partial charge in [-0.05, 0) is 37.3 Å². The number of thiazole rings is 1. The van der Waals surface area contributed by atoms with Crippen molar-refractivity contribution in [2.45, 2.75) is 19.4 Å². The van der Waals surface area contributed by atoms with Gasteiger partial charge in [0, 0.05) is 30.7 Å². The molecule has 9 heteroatoms. The van der Waals surface area contributed by atoms with Crippen LogP contribution in [-0.2, 0) is 18.2 Å². The minimum Gasteiger partial charge on any atom is -0.493 e. The average molecular weight is 447 g/mol. The number of nitrogens with zero attached hydrogens (tertiary/aromatic N) is 4. The Hall–Kier alpha value is -2.42. The summed E-state index contributed by atoms with van der Waals surface area (Å²) in [4.78, 5) is 19.5. The third-order valence-corrected chi connectivity index (χ3v) is 6.23. The van der Waals surface area contributed by atoms with Crippen molar-refractivity contribution in [2.75, 3.05) is 26.3 Å². The highest BCUT2D eigenvalue weighted by atomic mass is 35.5. The molecular formula is C21H23ClN4O3S. The van der Waals surface area contributed by atoms with Gasteiger partial charge in [0.1, 0.15) is 16.7 Å². The van der Waals surface area contributed by atoms with Crippen LogP contribution < -0.4 is 4.74 Å². The first-order valence-corrected chi connectivity index (χ1v) is 11.0. The molecule has 158 valence electrons. The van der Waals surface area contributed by atoms with Crippen molar-refractivity contribution in [3.63, 3.8) is 0 Å². The predicted octanol–water partition coefficient (Wildman–Crippen LogP) is 3.67. The van der Waals surface area contributed by atoms with Crippen molar-refractivity contribution >= 4 is 28.8 Å². The van der Waals surface area contributed by atoms with Crippen molar-refractivity contribution in [3.05, 3.63) is 62.8 Å². The van der Waals surface area contributed by atoms with E-state index in [0.29, 0.717) is 42.6 Å². The smallest absolute Gasteiger partial charge is 0.266 e. The van der Waals surface area contributed by atoms with E-state index in [4.69, 9.17) is 21.1 Å². The zero-order chi connectivity index (χ0) is 21.1. The number of benzene rings is 1. The van der Waals surface area contributed by atoms with Crippen LogP contribution in [0.1, 0.15) is 32.9 Å². The number of amides is 1. The second kappa shape index (κ2) is 9.16. The first kappa shape index (κ1) is 20.8. The van der Waals surface area contributed by atoms with Crippen LogP contribution in [-0.4, -0.2) is 51.9 Å². The van der Waals surface area contributed by atoms with E-state index in [0.717, 1.165) is 22.8 Å². The molecule has 0 spiro atoms. The monoisotopic (exact) mass is 446 g/mol. The number of carbonyl (C=O) groups excluding carboxylic acids is 1. The summed E-state index contributed by atoms with van der Waals surface area (Å²) in [5.74, 6) is 0.792. The van der Waals surface area contributed by atoms with Crippen LogP contribution in [0.2, 0.25) is 5.02 Å². The molecule has 1 amide bonds. The molecule has 3 heterocycles. The van der Waals surface area contributed by atoms with Gasteiger partial charge in [0.15, 0.2) is 0 Å². The van der Waals surface area contributed by atoms with Gasteiger partial charge < -0.3 is 14.4 Å². The number of hydrogen-bond donors (Lipinski definition) is 0. The number of aryl methyl sites for hydroxylation is 2. The van der Waals surface area contributed by atoms with Gasteiger partial charge >= 0.3 is 0 Å². The maximum atomic E-state index is 12.8. The zero-order valence-corrected chi connectivity index (χ0v) is 18.4. The SMILES string of the molecule is Cc1ncsc1C(=O)N1CCOC(c2cc(CCOc3ccc(Cl)cc3)n(C)n2)C1. The average Bonchev–Trinajstić information content (AvgIpc) is 3.34. The summed E-state index contributed by atoms with van der Waals surface area (Å²) in [5.41, 5.74) is 4.35. The van der Waals surface area contributed by atoms with Gasteiger partial charge in [0.2, 0.25) is 0 Å². The van der Waals surface area contributed by atoms with E-state index in [1.807, 2.05) is 41.8 Å². The molecule has 7 nitrogen and oxygen atoms in total. The lowest BCUT2D eigenvalue weighted by Gasteiger charge is -2.32. The fourth-order valence-electron chi connectivity index (χ4n) is 3.39. The first-order chi connectivity index (χ1) is 14.5. The van der Waals surface area contributed by atoms with Crippen LogP contribution >= 0.6 is 22.9 Å². The van der Waals surface area contributed by atoms with Gasteiger partial charge in [-0.1, -0.05) is 11.6 Å². The maximum absolute atomic E-state index is 12.8. The Morgan fingerprint density at radius 1 is 1.37 bits per heavy atom. The molecule has 0 aliphatic carbocycles. The highest BCUT2D eigenvalue weighted by molar-refractivity contribution is 7.11. The van der Waals surface area contributed by atoms with Crippen LogP contribution in [0.4, 0.5) is 0 Å². The lowest BCUT2D eigenvalue weighted by atomic mass is 10.1. The number of carbonyl (C=O) groups is 1. The highest BCUT2D eigenvalue weighted by Gasteiger charge is 2.29. The molecule has 0 bridgehead atoms. The Labute approximate surface area is 184 Å². The molecule has 1 aliphatic heterocycles. The molecule has 1 atom stereocenters. The molecule has 1 unspecified atom stereocenters. The molecule has 1 aromatic carbocycles. The van der Waals surface area contributed by atoms with Crippen LogP contribution in [0, 0.1) is 6.92 Å². The first-order valence-electron chi connectivity index (χ1n) is 9.73. The van der Waals surface area contributed by atoms with Crippen molar-refractivity contribution in [2.24, 2.45) is 7.05 Å². The van der Waals surface area contributed by atoms with Gasteiger partial charge in [-0.3, -0.25) is 9.48 Å². The van der Waals surface area contributed by atoms with Gasteiger partial charge in [-0.2, -0.15) is 5.10 Å². The van der Waals surface area contributed by atoms with E-state index in [9.17, 15) is 4.79 Å². The van der Waals surface area contributed by atoms with Crippen LogP contribution in [0.3, 0.4) is 0 Å². The molecule has 0 radical (unpaired) electrons. The van der Waals surface area contributed by atoms with Gasteiger partial charge in [-0.15, -0.1) is 11.3 Å². The predicted molar refractivity (Wildman–Crippen MR) is 115 cm³/mol. The van der Waals surface area contributed by atoms with E-state index in [2.05, 4.69) is 10.1 Å². The molecule has 4 rings (SSSR count). The van der Waals surface area contributed by atoms with E-state index >= 15 is 0 Å². The molecule has 0 saturated carbocycles. The van der Waals surface area contributed by atoms with E-state index in [1.165, 1.54) is 11.3 Å². The minimum absolute atomic E-state index is 0.0100. The molecule has 1 aliphatic rings. The fraction of sp³-hybridized carbons (Fsp3) is 0.381. The summed E-state index contributed by atoms with van der Waals surface area (Å²) in [5, 5.41) is 5.30. The standard InChI is InChI=1S/C21H23ClN4O3S/c1-14-20(30-13-23-14)21(27)26-8-10-29-19(12-26)18-11-16(25(2)24-18)7-9-28-17-5-3-15(22)4-6-17/h3-6,11,13,19H,7-10,12H2,1-2H3. The second-order valence-electron chi connectivity index (χ2n) is 7.11. The third kappa shape index (κ3) is 4.66. The normalized spacial score (nSPS) is 16.6. The molecule has 2 aromatic heterocycles. The Morgan fingerprint density at radius 3 is 2.90 bits per heavy atom. The lowest BCUT2D eigenvalue weighted by Crippen LogP contribution is -2.42. The van der Waals surface area contributed by atoms with E-state index in [-0.39, 0.29) is 12.0 Å². The Morgan fingerprint density at radius 2 is 2.17 bits per heavy atom. The number of ether oxygens (including phenoxy) is 2. The Bertz CT molecular complexity index is 1020. The number of hydrogen-bond acceptors (Lipinski definition) is 6. The van der Waals surface area contributed by atoms with Gasteiger partial charge in [0.05, 0.1) is 36.7 Å². The van der Waals surface area contributed by atoms with Crippen molar-refractivity contribution in [3.8, 4) is 5.75 Å². The zero-order valence-electron chi connectivity index (χ0n) is 16.9. The summed E-state index contributed by atoms with van der Waals surface area (Å²) >= 11 is 7.28.